The molecule has 3 heterocycles. The summed E-state index contributed by atoms with van der Waals surface area (Å²) < 4.78 is 1.66. The van der Waals surface area contributed by atoms with Crippen molar-refractivity contribution in [2.24, 2.45) is 5.73 Å². The average molecular weight is 340 g/mol. The van der Waals surface area contributed by atoms with Crippen LogP contribution in [-0.2, 0) is 4.79 Å². The lowest BCUT2D eigenvalue weighted by atomic mass is 10.1. The van der Waals surface area contributed by atoms with Gasteiger partial charge in [-0.3, -0.25) is 4.79 Å². The SMILES string of the molecule is CCCC(N)C(=O)N1CCN(c2ccc3nncn3n2)CC1.Cl. The monoisotopic (exact) mass is 339 g/mol. The maximum Gasteiger partial charge on any atom is 0.239 e. The number of fused-ring (bicyclic) bond motifs is 1. The Morgan fingerprint density at radius 3 is 2.74 bits per heavy atom. The van der Waals surface area contributed by atoms with Gasteiger partial charge in [0.2, 0.25) is 5.91 Å². The fraction of sp³-hybridized carbons (Fsp3) is 0.571. The average Bonchev–Trinajstić information content (AvgIpc) is 3.02. The third-order valence-corrected chi connectivity index (χ3v) is 3.98. The molecule has 0 spiro atoms. The van der Waals surface area contributed by atoms with E-state index in [1.54, 1.807) is 10.8 Å². The number of hydrogen-bond donors (Lipinski definition) is 1. The maximum atomic E-state index is 12.2. The van der Waals surface area contributed by atoms with E-state index in [4.69, 9.17) is 5.73 Å². The number of hydrogen-bond acceptors (Lipinski definition) is 6. The van der Waals surface area contributed by atoms with Gasteiger partial charge in [0, 0.05) is 26.2 Å². The third kappa shape index (κ3) is 3.70. The van der Waals surface area contributed by atoms with Crippen molar-refractivity contribution < 1.29 is 4.79 Å². The Kier molecular flexibility index (Phi) is 5.73. The molecule has 2 aromatic heterocycles. The van der Waals surface area contributed by atoms with Crippen molar-refractivity contribution in [3.63, 3.8) is 0 Å². The van der Waals surface area contributed by atoms with Crippen molar-refractivity contribution in [3.05, 3.63) is 18.5 Å². The molecule has 0 aliphatic carbocycles. The van der Waals surface area contributed by atoms with Gasteiger partial charge in [0.1, 0.15) is 12.1 Å². The van der Waals surface area contributed by atoms with Gasteiger partial charge in [-0.25, -0.2) is 0 Å². The Morgan fingerprint density at radius 1 is 1.30 bits per heavy atom. The van der Waals surface area contributed by atoms with Crippen molar-refractivity contribution in [1.82, 2.24) is 24.7 Å². The summed E-state index contributed by atoms with van der Waals surface area (Å²) in [6, 6.07) is 3.46. The number of piperazine rings is 1. The van der Waals surface area contributed by atoms with Crippen molar-refractivity contribution in [2.75, 3.05) is 31.1 Å². The summed E-state index contributed by atoms with van der Waals surface area (Å²) >= 11 is 0. The van der Waals surface area contributed by atoms with Gasteiger partial charge in [-0.2, -0.15) is 4.52 Å². The lowest BCUT2D eigenvalue weighted by Crippen LogP contribution is -2.53. The number of halogens is 1. The van der Waals surface area contributed by atoms with E-state index in [1.165, 1.54) is 0 Å². The topological polar surface area (TPSA) is 92.7 Å². The molecule has 1 saturated heterocycles. The Bertz CT molecular complexity index is 653. The zero-order valence-electron chi connectivity index (χ0n) is 13.1. The highest BCUT2D eigenvalue weighted by atomic mass is 35.5. The number of aromatic nitrogens is 4. The van der Waals surface area contributed by atoms with Crippen LogP contribution in [0.25, 0.3) is 5.65 Å². The van der Waals surface area contributed by atoms with E-state index in [-0.39, 0.29) is 24.4 Å². The zero-order chi connectivity index (χ0) is 15.5. The van der Waals surface area contributed by atoms with Gasteiger partial charge < -0.3 is 15.5 Å². The highest BCUT2D eigenvalue weighted by molar-refractivity contribution is 5.85. The molecule has 1 atom stereocenters. The van der Waals surface area contributed by atoms with E-state index in [0.29, 0.717) is 13.1 Å². The predicted molar refractivity (Wildman–Crippen MR) is 89.7 cm³/mol. The van der Waals surface area contributed by atoms with Gasteiger partial charge in [0.25, 0.3) is 0 Å². The number of carbonyl (C=O) groups excluding carboxylic acids is 1. The summed E-state index contributed by atoms with van der Waals surface area (Å²) in [5.74, 6) is 0.931. The van der Waals surface area contributed by atoms with Crippen molar-refractivity contribution in [1.29, 1.82) is 0 Å². The van der Waals surface area contributed by atoms with Crippen LogP contribution in [0.15, 0.2) is 18.5 Å². The maximum absolute atomic E-state index is 12.2. The second kappa shape index (κ2) is 7.56. The fourth-order valence-corrected chi connectivity index (χ4v) is 2.71. The van der Waals surface area contributed by atoms with Crippen LogP contribution in [0.3, 0.4) is 0 Å². The fourth-order valence-electron chi connectivity index (χ4n) is 2.71. The molecule has 9 heteroatoms. The first-order valence-corrected chi connectivity index (χ1v) is 7.65. The van der Waals surface area contributed by atoms with E-state index in [9.17, 15) is 4.79 Å². The first-order valence-electron chi connectivity index (χ1n) is 7.65. The van der Waals surface area contributed by atoms with Crippen LogP contribution >= 0.6 is 12.4 Å². The highest BCUT2D eigenvalue weighted by Gasteiger charge is 2.25. The molecule has 1 unspecified atom stereocenters. The molecule has 1 amide bonds. The quantitative estimate of drug-likeness (QED) is 0.862. The van der Waals surface area contributed by atoms with Crippen LogP contribution in [0.2, 0.25) is 0 Å². The Labute approximate surface area is 141 Å². The third-order valence-electron chi connectivity index (χ3n) is 3.98. The first kappa shape index (κ1) is 17.4. The Morgan fingerprint density at radius 2 is 2.04 bits per heavy atom. The lowest BCUT2D eigenvalue weighted by Gasteiger charge is -2.36. The van der Waals surface area contributed by atoms with Crippen molar-refractivity contribution in [3.8, 4) is 0 Å². The number of nitrogens with zero attached hydrogens (tertiary/aromatic N) is 6. The number of carbonyl (C=O) groups is 1. The lowest BCUT2D eigenvalue weighted by molar-refractivity contribution is -0.133. The normalized spacial score (nSPS) is 16.3. The Balaban J connectivity index is 0.00000192. The van der Waals surface area contributed by atoms with Crippen LogP contribution in [0.1, 0.15) is 19.8 Å². The molecule has 0 radical (unpaired) electrons. The van der Waals surface area contributed by atoms with Crippen LogP contribution in [-0.4, -0.2) is 62.8 Å². The van der Waals surface area contributed by atoms with Gasteiger partial charge >= 0.3 is 0 Å². The Hall–Kier alpha value is -1.93. The minimum absolute atomic E-state index is 0. The molecule has 1 aliphatic heterocycles. The van der Waals surface area contributed by atoms with Crippen molar-refractivity contribution >= 4 is 29.8 Å². The highest BCUT2D eigenvalue weighted by Crippen LogP contribution is 2.14. The van der Waals surface area contributed by atoms with E-state index < -0.39 is 0 Å². The molecular weight excluding hydrogens is 318 g/mol. The molecule has 1 fully saturated rings. The molecule has 3 rings (SSSR count). The molecule has 8 nitrogen and oxygen atoms in total. The minimum Gasteiger partial charge on any atom is -0.352 e. The summed E-state index contributed by atoms with van der Waals surface area (Å²) in [7, 11) is 0. The first-order chi connectivity index (χ1) is 10.7. The predicted octanol–water partition coefficient (Wildman–Crippen LogP) is 0.322. The van der Waals surface area contributed by atoms with Crippen LogP contribution < -0.4 is 10.6 Å². The van der Waals surface area contributed by atoms with Crippen LogP contribution in [0, 0.1) is 0 Å². The van der Waals surface area contributed by atoms with Gasteiger partial charge in [-0.05, 0) is 18.6 Å². The van der Waals surface area contributed by atoms with E-state index in [0.717, 1.165) is 37.4 Å². The second-order valence-corrected chi connectivity index (χ2v) is 5.53. The van der Waals surface area contributed by atoms with Gasteiger partial charge in [-0.15, -0.1) is 27.7 Å². The molecule has 2 N–H and O–H groups in total. The number of amides is 1. The molecule has 126 valence electrons. The molecule has 23 heavy (non-hydrogen) atoms. The molecule has 0 bridgehead atoms. The largest absolute Gasteiger partial charge is 0.352 e. The number of rotatable bonds is 4. The smallest absolute Gasteiger partial charge is 0.239 e. The molecule has 1 aliphatic rings. The standard InChI is InChI=1S/C14H21N7O.ClH/c1-2-3-11(15)14(22)20-8-6-19(7-9-20)13-5-4-12-17-16-10-21(12)18-13;/h4-5,10-11H,2-3,6-9,15H2,1H3;1H. The molecule has 0 aromatic carbocycles. The second-order valence-electron chi connectivity index (χ2n) is 5.53. The summed E-state index contributed by atoms with van der Waals surface area (Å²) in [6.45, 7) is 4.91. The molecule has 2 aromatic rings. The summed E-state index contributed by atoms with van der Waals surface area (Å²) in [4.78, 5) is 16.2. The van der Waals surface area contributed by atoms with E-state index >= 15 is 0 Å². The summed E-state index contributed by atoms with van der Waals surface area (Å²) in [5.41, 5.74) is 6.65. The van der Waals surface area contributed by atoms with Gasteiger partial charge in [-0.1, -0.05) is 13.3 Å². The van der Waals surface area contributed by atoms with Crippen LogP contribution in [0.5, 0.6) is 0 Å². The van der Waals surface area contributed by atoms with E-state index in [1.807, 2.05) is 24.0 Å². The summed E-state index contributed by atoms with van der Waals surface area (Å²) in [6.07, 6.45) is 3.25. The molecular formula is C14H22ClN7O. The van der Waals surface area contributed by atoms with Gasteiger partial charge in [0.05, 0.1) is 6.04 Å². The zero-order valence-corrected chi connectivity index (χ0v) is 13.9. The minimum atomic E-state index is -0.372. The van der Waals surface area contributed by atoms with Crippen molar-refractivity contribution in [2.45, 2.75) is 25.8 Å². The molecule has 0 saturated carbocycles. The number of anilines is 1. The van der Waals surface area contributed by atoms with Gasteiger partial charge in [0.15, 0.2) is 5.65 Å². The van der Waals surface area contributed by atoms with Crippen LogP contribution in [0.4, 0.5) is 5.82 Å². The van der Waals surface area contributed by atoms with E-state index in [2.05, 4.69) is 20.2 Å². The summed E-state index contributed by atoms with van der Waals surface area (Å²) in [5, 5.41) is 12.2. The number of nitrogens with two attached hydrogens (primary N) is 1.